The predicted octanol–water partition coefficient (Wildman–Crippen LogP) is 4.85. The zero-order valence-electron chi connectivity index (χ0n) is 13.0. The molecular formula is C16H24ClN3S. The first kappa shape index (κ1) is 16.5. The van der Waals surface area contributed by atoms with Gasteiger partial charge < -0.3 is 5.32 Å². The Morgan fingerprint density at radius 2 is 2.24 bits per heavy atom. The summed E-state index contributed by atoms with van der Waals surface area (Å²) in [5.74, 6) is 0. The SMILES string of the molecule is CCNC(CCCc1cccs1)c1c(Cl)cnn1C(C)C. The van der Waals surface area contributed by atoms with Gasteiger partial charge >= 0.3 is 0 Å². The van der Waals surface area contributed by atoms with Crippen LogP contribution in [0.3, 0.4) is 0 Å². The second kappa shape index (κ2) is 7.97. The van der Waals surface area contributed by atoms with Crippen molar-refractivity contribution < 1.29 is 0 Å². The number of aryl methyl sites for hydroxylation is 1. The number of rotatable bonds is 8. The lowest BCUT2D eigenvalue weighted by Gasteiger charge is -2.21. The van der Waals surface area contributed by atoms with E-state index in [1.807, 2.05) is 16.0 Å². The lowest BCUT2D eigenvalue weighted by atomic mass is 10.1. The molecule has 2 heterocycles. The van der Waals surface area contributed by atoms with E-state index in [4.69, 9.17) is 11.6 Å². The first-order chi connectivity index (χ1) is 10.1. The van der Waals surface area contributed by atoms with Crippen LogP contribution in [-0.4, -0.2) is 16.3 Å². The summed E-state index contributed by atoms with van der Waals surface area (Å²) in [6.07, 6.45) is 5.12. The van der Waals surface area contributed by atoms with E-state index < -0.39 is 0 Å². The molecule has 0 spiro atoms. The minimum Gasteiger partial charge on any atom is -0.309 e. The van der Waals surface area contributed by atoms with Crippen molar-refractivity contribution in [2.24, 2.45) is 0 Å². The third-order valence-corrected chi connectivity index (χ3v) is 4.78. The van der Waals surface area contributed by atoms with E-state index in [2.05, 4.69) is 48.7 Å². The van der Waals surface area contributed by atoms with Crippen LogP contribution < -0.4 is 5.32 Å². The highest BCUT2D eigenvalue weighted by Gasteiger charge is 2.20. The van der Waals surface area contributed by atoms with E-state index in [0.717, 1.165) is 36.5 Å². The molecule has 2 rings (SSSR count). The van der Waals surface area contributed by atoms with Crippen LogP contribution in [0.25, 0.3) is 0 Å². The smallest absolute Gasteiger partial charge is 0.0834 e. The summed E-state index contributed by atoms with van der Waals surface area (Å²) in [5.41, 5.74) is 1.12. The Morgan fingerprint density at radius 3 is 2.86 bits per heavy atom. The van der Waals surface area contributed by atoms with Crippen LogP contribution in [0.1, 0.15) is 56.3 Å². The number of thiophene rings is 1. The Bertz CT molecular complexity index is 534. The molecule has 1 N–H and O–H groups in total. The average Bonchev–Trinajstić information content (AvgIpc) is 3.07. The van der Waals surface area contributed by atoms with Crippen LogP contribution in [0.15, 0.2) is 23.7 Å². The van der Waals surface area contributed by atoms with Gasteiger partial charge in [0.25, 0.3) is 0 Å². The number of halogens is 1. The molecule has 0 aliphatic heterocycles. The van der Waals surface area contributed by atoms with Gasteiger partial charge in [-0.15, -0.1) is 11.3 Å². The van der Waals surface area contributed by atoms with E-state index in [1.165, 1.54) is 4.88 Å². The highest BCUT2D eigenvalue weighted by atomic mass is 35.5. The molecule has 21 heavy (non-hydrogen) atoms. The molecule has 5 heteroatoms. The van der Waals surface area contributed by atoms with Crippen molar-refractivity contribution in [3.63, 3.8) is 0 Å². The molecule has 2 aromatic rings. The van der Waals surface area contributed by atoms with Crippen molar-refractivity contribution in [3.05, 3.63) is 39.3 Å². The maximum atomic E-state index is 6.38. The highest BCUT2D eigenvalue weighted by Crippen LogP contribution is 2.29. The molecule has 0 aliphatic carbocycles. The first-order valence-corrected chi connectivity index (χ1v) is 8.87. The fraction of sp³-hybridized carbons (Fsp3) is 0.562. The van der Waals surface area contributed by atoms with Gasteiger partial charge in [-0.05, 0) is 51.1 Å². The Labute approximate surface area is 136 Å². The van der Waals surface area contributed by atoms with Gasteiger partial charge in [-0.1, -0.05) is 24.6 Å². The van der Waals surface area contributed by atoms with Gasteiger partial charge in [0.1, 0.15) is 0 Å². The Kier molecular flexibility index (Phi) is 6.27. The quantitative estimate of drug-likeness (QED) is 0.751. The molecule has 2 aromatic heterocycles. The van der Waals surface area contributed by atoms with Crippen LogP contribution in [0, 0.1) is 0 Å². The Hall–Kier alpha value is -0.840. The summed E-state index contributed by atoms with van der Waals surface area (Å²) in [4.78, 5) is 1.45. The van der Waals surface area contributed by atoms with Gasteiger partial charge in [-0.2, -0.15) is 5.10 Å². The number of nitrogens with one attached hydrogen (secondary N) is 1. The molecule has 0 radical (unpaired) electrons. The maximum Gasteiger partial charge on any atom is 0.0834 e. The van der Waals surface area contributed by atoms with Crippen molar-refractivity contribution in [2.45, 2.75) is 52.1 Å². The summed E-state index contributed by atoms with van der Waals surface area (Å²) in [6.45, 7) is 7.35. The topological polar surface area (TPSA) is 29.9 Å². The Morgan fingerprint density at radius 1 is 1.43 bits per heavy atom. The van der Waals surface area contributed by atoms with Crippen molar-refractivity contribution in [1.82, 2.24) is 15.1 Å². The zero-order valence-corrected chi connectivity index (χ0v) is 14.5. The van der Waals surface area contributed by atoms with Crippen LogP contribution >= 0.6 is 22.9 Å². The van der Waals surface area contributed by atoms with E-state index in [9.17, 15) is 0 Å². The number of nitrogens with zero attached hydrogens (tertiary/aromatic N) is 2. The molecule has 3 nitrogen and oxygen atoms in total. The minimum atomic E-state index is 0.271. The summed E-state index contributed by atoms with van der Waals surface area (Å²) in [5, 5.41) is 10.9. The van der Waals surface area contributed by atoms with Gasteiger partial charge in [0.15, 0.2) is 0 Å². The van der Waals surface area contributed by atoms with Crippen LogP contribution in [0.4, 0.5) is 0 Å². The van der Waals surface area contributed by atoms with E-state index >= 15 is 0 Å². The molecule has 0 bridgehead atoms. The lowest BCUT2D eigenvalue weighted by molar-refractivity contribution is 0.427. The summed E-state index contributed by atoms with van der Waals surface area (Å²) >= 11 is 8.21. The largest absolute Gasteiger partial charge is 0.309 e. The lowest BCUT2D eigenvalue weighted by Crippen LogP contribution is -2.25. The predicted molar refractivity (Wildman–Crippen MR) is 91.3 cm³/mol. The fourth-order valence-electron chi connectivity index (χ4n) is 2.61. The molecule has 0 amide bonds. The molecule has 0 fully saturated rings. The van der Waals surface area contributed by atoms with Gasteiger partial charge in [0.2, 0.25) is 0 Å². The second-order valence-electron chi connectivity index (χ2n) is 5.50. The van der Waals surface area contributed by atoms with Gasteiger partial charge in [0, 0.05) is 10.9 Å². The first-order valence-electron chi connectivity index (χ1n) is 7.62. The summed E-state index contributed by atoms with van der Waals surface area (Å²) in [6, 6.07) is 4.92. The second-order valence-corrected chi connectivity index (χ2v) is 6.94. The molecule has 1 atom stereocenters. The third kappa shape index (κ3) is 4.31. The van der Waals surface area contributed by atoms with Gasteiger partial charge in [-0.3, -0.25) is 4.68 Å². The third-order valence-electron chi connectivity index (χ3n) is 3.55. The Balaban J connectivity index is 2.06. The molecule has 1 unspecified atom stereocenters. The van der Waals surface area contributed by atoms with E-state index in [1.54, 1.807) is 6.20 Å². The van der Waals surface area contributed by atoms with Crippen molar-refractivity contribution in [3.8, 4) is 0 Å². The molecule has 0 aliphatic rings. The summed E-state index contributed by atoms with van der Waals surface area (Å²) in [7, 11) is 0. The molecule has 0 saturated heterocycles. The maximum absolute atomic E-state index is 6.38. The highest BCUT2D eigenvalue weighted by molar-refractivity contribution is 7.09. The average molecular weight is 326 g/mol. The molecular weight excluding hydrogens is 302 g/mol. The normalized spacial score (nSPS) is 13.0. The van der Waals surface area contributed by atoms with Crippen molar-refractivity contribution in [2.75, 3.05) is 6.54 Å². The van der Waals surface area contributed by atoms with E-state index in [0.29, 0.717) is 6.04 Å². The monoisotopic (exact) mass is 325 g/mol. The fourth-order valence-corrected chi connectivity index (χ4v) is 3.62. The summed E-state index contributed by atoms with van der Waals surface area (Å²) < 4.78 is 2.04. The van der Waals surface area contributed by atoms with Crippen LogP contribution in [0.2, 0.25) is 5.02 Å². The molecule has 0 aromatic carbocycles. The molecule has 116 valence electrons. The van der Waals surface area contributed by atoms with Gasteiger partial charge in [0.05, 0.1) is 23.0 Å². The van der Waals surface area contributed by atoms with Crippen molar-refractivity contribution in [1.29, 1.82) is 0 Å². The zero-order chi connectivity index (χ0) is 15.2. The van der Waals surface area contributed by atoms with Crippen LogP contribution in [-0.2, 0) is 6.42 Å². The number of hydrogen-bond donors (Lipinski definition) is 1. The standard InChI is InChI=1S/C16H24ClN3S/c1-4-18-15(9-5-7-13-8-6-10-21-13)16-14(17)11-19-20(16)12(2)3/h6,8,10-12,15,18H,4-5,7,9H2,1-3H3. The van der Waals surface area contributed by atoms with E-state index in [-0.39, 0.29) is 6.04 Å². The number of aromatic nitrogens is 2. The van der Waals surface area contributed by atoms with Crippen molar-refractivity contribution >= 4 is 22.9 Å². The number of hydrogen-bond acceptors (Lipinski definition) is 3. The minimum absolute atomic E-state index is 0.271. The molecule has 0 saturated carbocycles. The van der Waals surface area contributed by atoms with Crippen LogP contribution in [0.5, 0.6) is 0 Å². The van der Waals surface area contributed by atoms with Gasteiger partial charge in [-0.25, -0.2) is 0 Å².